The number of rotatable bonds is 8. The summed E-state index contributed by atoms with van der Waals surface area (Å²) in [6.45, 7) is 8.87. The van der Waals surface area contributed by atoms with E-state index in [2.05, 4.69) is 20.4 Å². The highest BCUT2D eigenvalue weighted by atomic mass is 16.5. The third-order valence-corrected chi connectivity index (χ3v) is 3.01. The van der Waals surface area contributed by atoms with Gasteiger partial charge in [-0.15, -0.1) is 0 Å². The minimum Gasteiger partial charge on any atom is -0.494 e. The zero-order valence-corrected chi connectivity index (χ0v) is 11.5. The molecule has 0 fully saturated rings. The average Bonchev–Trinajstić information content (AvgIpc) is 2.39. The van der Waals surface area contributed by atoms with Gasteiger partial charge in [0.2, 0.25) is 0 Å². The fraction of sp³-hybridized carbons (Fsp3) is 0.500. The van der Waals surface area contributed by atoms with Gasteiger partial charge in [-0.2, -0.15) is 0 Å². The summed E-state index contributed by atoms with van der Waals surface area (Å²) in [5, 5.41) is 10.0. The Labute approximate surface area is 110 Å². The van der Waals surface area contributed by atoms with E-state index in [0.717, 1.165) is 42.8 Å². The molecule has 0 heterocycles. The molecule has 0 aliphatic carbocycles. The lowest BCUT2D eigenvalue weighted by atomic mass is 10.0. The van der Waals surface area contributed by atoms with E-state index in [1.165, 1.54) is 0 Å². The molecule has 0 saturated carbocycles. The van der Waals surface area contributed by atoms with E-state index in [9.17, 15) is 5.11 Å². The second-order valence-corrected chi connectivity index (χ2v) is 4.59. The molecule has 1 rings (SSSR count). The van der Waals surface area contributed by atoms with Gasteiger partial charge in [0.05, 0.1) is 12.7 Å². The SMILES string of the molecule is C=C(CC)CC(O)c1ccc(OCCCC)cc1. The summed E-state index contributed by atoms with van der Waals surface area (Å²) in [4.78, 5) is 0. The highest BCUT2D eigenvalue weighted by Gasteiger charge is 2.08. The number of ether oxygens (including phenoxy) is 1. The first-order valence-corrected chi connectivity index (χ1v) is 6.74. The van der Waals surface area contributed by atoms with Gasteiger partial charge in [0.15, 0.2) is 0 Å². The van der Waals surface area contributed by atoms with Crippen LogP contribution in [-0.2, 0) is 0 Å². The molecule has 0 spiro atoms. The topological polar surface area (TPSA) is 29.5 Å². The molecular formula is C16H24O2. The molecule has 100 valence electrons. The predicted molar refractivity (Wildman–Crippen MR) is 75.9 cm³/mol. The summed E-state index contributed by atoms with van der Waals surface area (Å²) < 4.78 is 5.58. The maximum atomic E-state index is 10.0. The smallest absolute Gasteiger partial charge is 0.119 e. The highest BCUT2D eigenvalue weighted by Crippen LogP contribution is 2.23. The quantitative estimate of drug-likeness (QED) is 0.550. The summed E-state index contributed by atoms with van der Waals surface area (Å²) in [7, 11) is 0. The summed E-state index contributed by atoms with van der Waals surface area (Å²) in [6.07, 6.45) is 3.29. The summed E-state index contributed by atoms with van der Waals surface area (Å²) in [6, 6.07) is 7.69. The van der Waals surface area contributed by atoms with Crippen molar-refractivity contribution in [1.82, 2.24) is 0 Å². The van der Waals surface area contributed by atoms with Crippen LogP contribution in [0.1, 0.15) is 51.2 Å². The van der Waals surface area contributed by atoms with Crippen molar-refractivity contribution in [2.24, 2.45) is 0 Å². The zero-order chi connectivity index (χ0) is 13.4. The Bertz CT molecular complexity index is 354. The average molecular weight is 248 g/mol. The van der Waals surface area contributed by atoms with Crippen molar-refractivity contribution in [3.8, 4) is 5.75 Å². The molecule has 1 unspecified atom stereocenters. The van der Waals surface area contributed by atoms with Crippen LogP contribution in [0.5, 0.6) is 5.75 Å². The number of benzene rings is 1. The third kappa shape index (κ3) is 4.92. The molecule has 0 aliphatic rings. The molecular weight excluding hydrogens is 224 g/mol. The van der Waals surface area contributed by atoms with Crippen LogP contribution in [0.2, 0.25) is 0 Å². The van der Waals surface area contributed by atoms with Crippen LogP contribution >= 0.6 is 0 Å². The molecule has 0 bridgehead atoms. The number of unbranched alkanes of at least 4 members (excludes halogenated alkanes) is 1. The first-order valence-electron chi connectivity index (χ1n) is 6.74. The number of aliphatic hydroxyl groups excluding tert-OH is 1. The number of aliphatic hydroxyl groups is 1. The second kappa shape index (κ2) is 7.93. The first-order chi connectivity index (χ1) is 8.67. The molecule has 0 aliphatic heterocycles. The van der Waals surface area contributed by atoms with Gasteiger partial charge in [-0.25, -0.2) is 0 Å². The normalized spacial score (nSPS) is 12.2. The lowest BCUT2D eigenvalue weighted by Crippen LogP contribution is -2.00. The Hall–Kier alpha value is -1.28. The van der Waals surface area contributed by atoms with E-state index in [1.54, 1.807) is 0 Å². The number of hydrogen-bond donors (Lipinski definition) is 1. The van der Waals surface area contributed by atoms with Crippen LogP contribution < -0.4 is 4.74 Å². The minimum atomic E-state index is -0.456. The second-order valence-electron chi connectivity index (χ2n) is 4.59. The van der Waals surface area contributed by atoms with Gasteiger partial charge in [-0.05, 0) is 37.0 Å². The van der Waals surface area contributed by atoms with Crippen LogP contribution in [0.3, 0.4) is 0 Å². The van der Waals surface area contributed by atoms with Crippen LogP contribution in [0, 0.1) is 0 Å². The molecule has 0 saturated heterocycles. The summed E-state index contributed by atoms with van der Waals surface area (Å²) in [5.74, 6) is 0.869. The maximum Gasteiger partial charge on any atom is 0.119 e. The first kappa shape index (κ1) is 14.8. The third-order valence-electron chi connectivity index (χ3n) is 3.01. The monoisotopic (exact) mass is 248 g/mol. The van der Waals surface area contributed by atoms with Crippen molar-refractivity contribution in [3.63, 3.8) is 0 Å². The standard InChI is InChI=1S/C16H24O2/c1-4-6-11-18-15-9-7-14(8-10-15)16(17)12-13(3)5-2/h7-10,16-17H,3-6,11-12H2,1-2H3. The molecule has 1 N–H and O–H groups in total. The Balaban J connectivity index is 2.51. The van der Waals surface area contributed by atoms with Crippen molar-refractivity contribution in [2.75, 3.05) is 6.61 Å². The van der Waals surface area contributed by atoms with Gasteiger partial charge in [-0.1, -0.05) is 44.6 Å². The van der Waals surface area contributed by atoms with Crippen molar-refractivity contribution in [1.29, 1.82) is 0 Å². The number of hydrogen-bond acceptors (Lipinski definition) is 2. The Kier molecular flexibility index (Phi) is 6.51. The van der Waals surface area contributed by atoms with Crippen molar-refractivity contribution < 1.29 is 9.84 Å². The van der Waals surface area contributed by atoms with Gasteiger partial charge in [-0.3, -0.25) is 0 Å². The van der Waals surface area contributed by atoms with E-state index in [0.29, 0.717) is 6.42 Å². The van der Waals surface area contributed by atoms with Gasteiger partial charge >= 0.3 is 0 Å². The highest BCUT2D eigenvalue weighted by molar-refractivity contribution is 5.29. The summed E-state index contributed by atoms with van der Waals surface area (Å²) in [5.41, 5.74) is 2.00. The van der Waals surface area contributed by atoms with E-state index in [4.69, 9.17) is 4.74 Å². The van der Waals surface area contributed by atoms with Crippen molar-refractivity contribution >= 4 is 0 Å². The van der Waals surface area contributed by atoms with E-state index < -0.39 is 6.10 Å². The minimum absolute atomic E-state index is 0.456. The lowest BCUT2D eigenvalue weighted by Gasteiger charge is -2.13. The molecule has 1 atom stereocenters. The van der Waals surface area contributed by atoms with Crippen molar-refractivity contribution in [2.45, 2.75) is 45.6 Å². The Morgan fingerprint density at radius 2 is 1.94 bits per heavy atom. The molecule has 1 aromatic carbocycles. The lowest BCUT2D eigenvalue weighted by molar-refractivity contribution is 0.177. The van der Waals surface area contributed by atoms with Gasteiger partial charge < -0.3 is 9.84 Å². The predicted octanol–water partition coefficient (Wildman–Crippen LogP) is 4.26. The fourth-order valence-corrected chi connectivity index (χ4v) is 1.66. The molecule has 1 aromatic rings. The van der Waals surface area contributed by atoms with Crippen LogP contribution in [0.4, 0.5) is 0 Å². The Morgan fingerprint density at radius 1 is 1.28 bits per heavy atom. The van der Waals surface area contributed by atoms with E-state index >= 15 is 0 Å². The Morgan fingerprint density at radius 3 is 2.50 bits per heavy atom. The fourth-order valence-electron chi connectivity index (χ4n) is 1.66. The molecule has 0 aromatic heterocycles. The zero-order valence-electron chi connectivity index (χ0n) is 11.5. The largest absolute Gasteiger partial charge is 0.494 e. The maximum absolute atomic E-state index is 10.0. The van der Waals surface area contributed by atoms with Crippen LogP contribution in [0.25, 0.3) is 0 Å². The molecule has 0 radical (unpaired) electrons. The molecule has 0 amide bonds. The molecule has 2 heteroatoms. The van der Waals surface area contributed by atoms with Crippen LogP contribution in [-0.4, -0.2) is 11.7 Å². The van der Waals surface area contributed by atoms with Gasteiger partial charge in [0, 0.05) is 0 Å². The van der Waals surface area contributed by atoms with Crippen molar-refractivity contribution in [3.05, 3.63) is 42.0 Å². The van der Waals surface area contributed by atoms with Gasteiger partial charge in [0.1, 0.15) is 5.75 Å². The van der Waals surface area contributed by atoms with E-state index in [1.807, 2.05) is 24.3 Å². The summed E-state index contributed by atoms with van der Waals surface area (Å²) >= 11 is 0. The van der Waals surface area contributed by atoms with Crippen LogP contribution in [0.15, 0.2) is 36.4 Å². The van der Waals surface area contributed by atoms with Gasteiger partial charge in [0.25, 0.3) is 0 Å². The molecule has 18 heavy (non-hydrogen) atoms. The van der Waals surface area contributed by atoms with E-state index in [-0.39, 0.29) is 0 Å². The molecule has 2 nitrogen and oxygen atoms in total.